The standard InChI is InChI=1S/C10H11F3S/c1-2-14-9-5-3-8(4-6-9)7-10(11,12)13/h3-6H,2,7H2,1H3. The van der Waals surface area contributed by atoms with Crippen LogP contribution < -0.4 is 0 Å². The Balaban J connectivity index is 2.64. The molecule has 1 rings (SSSR count). The van der Waals surface area contributed by atoms with Gasteiger partial charge in [-0.2, -0.15) is 13.2 Å². The Labute approximate surface area is 85.5 Å². The summed E-state index contributed by atoms with van der Waals surface area (Å²) >= 11 is 1.62. The van der Waals surface area contributed by atoms with Crippen LogP contribution >= 0.6 is 11.8 Å². The summed E-state index contributed by atoms with van der Waals surface area (Å²) in [5, 5.41) is 0. The fourth-order valence-electron chi connectivity index (χ4n) is 1.10. The molecule has 1 aromatic carbocycles. The van der Waals surface area contributed by atoms with E-state index in [0.29, 0.717) is 5.56 Å². The number of alkyl halides is 3. The minimum Gasteiger partial charge on any atom is -0.171 e. The molecule has 0 spiro atoms. The molecule has 0 bridgehead atoms. The van der Waals surface area contributed by atoms with E-state index >= 15 is 0 Å². The van der Waals surface area contributed by atoms with Gasteiger partial charge in [-0.05, 0) is 23.4 Å². The minimum atomic E-state index is -4.11. The largest absolute Gasteiger partial charge is 0.393 e. The highest BCUT2D eigenvalue weighted by atomic mass is 32.2. The Hall–Kier alpha value is -0.640. The lowest BCUT2D eigenvalue weighted by Crippen LogP contribution is -2.11. The number of hydrogen-bond acceptors (Lipinski definition) is 1. The van der Waals surface area contributed by atoms with Crippen molar-refractivity contribution in [3.05, 3.63) is 29.8 Å². The van der Waals surface area contributed by atoms with Crippen molar-refractivity contribution in [2.75, 3.05) is 5.75 Å². The van der Waals surface area contributed by atoms with Crippen molar-refractivity contribution in [1.82, 2.24) is 0 Å². The first-order valence-electron chi connectivity index (χ1n) is 4.30. The van der Waals surface area contributed by atoms with Gasteiger partial charge in [-0.1, -0.05) is 19.1 Å². The summed E-state index contributed by atoms with van der Waals surface area (Å²) < 4.78 is 36.0. The lowest BCUT2D eigenvalue weighted by atomic mass is 10.1. The average Bonchev–Trinajstić information content (AvgIpc) is 2.06. The zero-order valence-corrected chi connectivity index (χ0v) is 8.58. The third-order valence-electron chi connectivity index (χ3n) is 1.64. The average molecular weight is 220 g/mol. The summed E-state index contributed by atoms with van der Waals surface area (Å²) in [4.78, 5) is 1.01. The Morgan fingerprint density at radius 2 is 1.71 bits per heavy atom. The summed E-state index contributed by atoms with van der Waals surface area (Å²) in [5.41, 5.74) is 0.318. The van der Waals surface area contributed by atoms with Gasteiger partial charge in [-0.3, -0.25) is 0 Å². The molecule has 0 amide bonds. The summed E-state index contributed by atoms with van der Waals surface area (Å²) in [6.45, 7) is 2.01. The van der Waals surface area contributed by atoms with Crippen LogP contribution in [0.4, 0.5) is 13.2 Å². The highest BCUT2D eigenvalue weighted by Crippen LogP contribution is 2.23. The molecule has 0 aliphatic carbocycles. The van der Waals surface area contributed by atoms with Crippen LogP contribution in [0.5, 0.6) is 0 Å². The molecule has 0 atom stereocenters. The van der Waals surface area contributed by atoms with Crippen LogP contribution in [-0.4, -0.2) is 11.9 Å². The Bertz CT molecular complexity index is 276. The third-order valence-corrected chi connectivity index (χ3v) is 2.53. The molecule has 14 heavy (non-hydrogen) atoms. The van der Waals surface area contributed by atoms with Gasteiger partial charge in [0.15, 0.2) is 0 Å². The van der Waals surface area contributed by atoms with Gasteiger partial charge in [-0.15, -0.1) is 11.8 Å². The van der Waals surface area contributed by atoms with Gasteiger partial charge in [0.05, 0.1) is 6.42 Å². The van der Waals surface area contributed by atoms with Crippen LogP contribution in [0.25, 0.3) is 0 Å². The van der Waals surface area contributed by atoms with Gasteiger partial charge < -0.3 is 0 Å². The molecule has 4 heteroatoms. The molecule has 0 radical (unpaired) electrons. The van der Waals surface area contributed by atoms with Crippen LogP contribution in [0, 0.1) is 0 Å². The molecule has 0 aliphatic heterocycles. The Kier molecular flexibility index (Phi) is 3.86. The second kappa shape index (κ2) is 4.73. The molecule has 0 fully saturated rings. The monoisotopic (exact) mass is 220 g/mol. The fraction of sp³-hybridized carbons (Fsp3) is 0.400. The number of thioether (sulfide) groups is 1. The van der Waals surface area contributed by atoms with Gasteiger partial charge in [0.1, 0.15) is 0 Å². The topological polar surface area (TPSA) is 0 Å². The molecule has 0 N–H and O–H groups in total. The maximum Gasteiger partial charge on any atom is 0.393 e. The lowest BCUT2D eigenvalue weighted by Gasteiger charge is -2.06. The molecule has 0 saturated heterocycles. The van der Waals surface area contributed by atoms with Crippen molar-refractivity contribution in [1.29, 1.82) is 0 Å². The highest BCUT2D eigenvalue weighted by molar-refractivity contribution is 7.99. The molecule has 0 unspecified atom stereocenters. The molecule has 0 heterocycles. The van der Waals surface area contributed by atoms with Crippen LogP contribution in [0.15, 0.2) is 29.2 Å². The van der Waals surface area contributed by atoms with Gasteiger partial charge >= 0.3 is 6.18 Å². The van der Waals surface area contributed by atoms with E-state index in [2.05, 4.69) is 0 Å². The number of benzene rings is 1. The molecule has 0 nitrogen and oxygen atoms in total. The van der Waals surface area contributed by atoms with Gasteiger partial charge in [0.2, 0.25) is 0 Å². The Morgan fingerprint density at radius 3 is 2.14 bits per heavy atom. The second-order valence-corrected chi connectivity index (χ2v) is 4.21. The predicted octanol–water partition coefficient (Wildman–Crippen LogP) is 3.90. The van der Waals surface area contributed by atoms with Crippen LogP contribution in [0.2, 0.25) is 0 Å². The van der Waals surface area contributed by atoms with E-state index in [0.717, 1.165) is 10.6 Å². The zero-order chi connectivity index (χ0) is 10.6. The quantitative estimate of drug-likeness (QED) is 0.696. The van der Waals surface area contributed by atoms with E-state index in [-0.39, 0.29) is 0 Å². The molecule has 0 aliphatic rings. The van der Waals surface area contributed by atoms with Gasteiger partial charge in [0.25, 0.3) is 0 Å². The van der Waals surface area contributed by atoms with Crippen LogP contribution in [0.1, 0.15) is 12.5 Å². The normalized spacial score (nSPS) is 11.7. The number of hydrogen-bond donors (Lipinski definition) is 0. The predicted molar refractivity (Wildman–Crippen MR) is 52.6 cm³/mol. The van der Waals surface area contributed by atoms with E-state index in [9.17, 15) is 13.2 Å². The van der Waals surface area contributed by atoms with Crippen molar-refractivity contribution in [2.45, 2.75) is 24.4 Å². The molecule has 0 saturated carbocycles. The summed E-state index contributed by atoms with van der Waals surface area (Å²) in [6, 6.07) is 6.53. The van der Waals surface area contributed by atoms with E-state index in [1.807, 2.05) is 6.92 Å². The van der Waals surface area contributed by atoms with Crippen LogP contribution in [0.3, 0.4) is 0 Å². The maximum atomic E-state index is 12.0. The van der Waals surface area contributed by atoms with Crippen LogP contribution in [-0.2, 0) is 6.42 Å². The highest BCUT2D eigenvalue weighted by Gasteiger charge is 2.27. The van der Waals surface area contributed by atoms with Crippen molar-refractivity contribution in [2.24, 2.45) is 0 Å². The molecular weight excluding hydrogens is 209 g/mol. The zero-order valence-electron chi connectivity index (χ0n) is 7.77. The maximum absolute atomic E-state index is 12.0. The van der Waals surface area contributed by atoms with E-state index < -0.39 is 12.6 Å². The SMILES string of the molecule is CCSc1ccc(CC(F)(F)F)cc1. The van der Waals surface area contributed by atoms with Crippen molar-refractivity contribution >= 4 is 11.8 Å². The van der Waals surface area contributed by atoms with Crippen molar-refractivity contribution in [3.8, 4) is 0 Å². The molecular formula is C10H11F3S. The first-order valence-corrected chi connectivity index (χ1v) is 5.28. The number of halogens is 3. The van der Waals surface area contributed by atoms with Gasteiger partial charge in [0, 0.05) is 4.90 Å². The van der Waals surface area contributed by atoms with Crippen molar-refractivity contribution in [3.63, 3.8) is 0 Å². The molecule has 78 valence electrons. The smallest absolute Gasteiger partial charge is 0.171 e. The summed E-state index contributed by atoms with van der Waals surface area (Å²) in [7, 11) is 0. The molecule has 1 aromatic rings. The summed E-state index contributed by atoms with van der Waals surface area (Å²) in [6.07, 6.45) is -4.95. The lowest BCUT2D eigenvalue weighted by molar-refractivity contribution is -0.127. The van der Waals surface area contributed by atoms with Crippen molar-refractivity contribution < 1.29 is 13.2 Å². The van der Waals surface area contributed by atoms with E-state index in [1.165, 1.54) is 12.1 Å². The Morgan fingerprint density at radius 1 is 1.14 bits per heavy atom. The summed E-state index contributed by atoms with van der Waals surface area (Å²) in [5.74, 6) is 0.929. The van der Waals surface area contributed by atoms with E-state index in [4.69, 9.17) is 0 Å². The minimum absolute atomic E-state index is 0.318. The number of rotatable bonds is 3. The second-order valence-electron chi connectivity index (χ2n) is 2.87. The van der Waals surface area contributed by atoms with E-state index in [1.54, 1.807) is 23.9 Å². The fourth-order valence-corrected chi connectivity index (χ4v) is 1.76. The first kappa shape index (κ1) is 11.4. The first-order chi connectivity index (χ1) is 6.51. The molecule has 0 aromatic heterocycles. The third kappa shape index (κ3) is 4.05. The van der Waals surface area contributed by atoms with Gasteiger partial charge in [-0.25, -0.2) is 0 Å².